The number of piperidine rings is 1. The second kappa shape index (κ2) is 10.0. The predicted molar refractivity (Wildman–Crippen MR) is 147 cm³/mol. The van der Waals surface area contributed by atoms with E-state index in [-0.39, 0.29) is 29.3 Å². The number of aromatic amines is 1. The first-order chi connectivity index (χ1) is 18.1. The lowest BCUT2D eigenvalue weighted by molar-refractivity contribution is -0.130. The summed E-state index contributed by atoms with van der Waals surface area (Å²) in [5.41, 5.74) is 2.57. The molecule has 200 valence electrons. The molecule has 2 aliphatic heterocycles. The summed E-state index contributed by atoms with van der Waals surface area (Å²) in [5, 5.41) is 11.2. The van der Waals surface area contributed by atoms with E-state index in [1.807, 2.05) is 38.1 Å². The highest BCUT2D eigenvalue weighted by Crippen LogP contribution is 2.45. The topological polar surface area (TPSA) is 76.6 Å². The molecule has 1 unspecified atom stereocenters. The van der Waals surface area contributed by atoms with Crippen molar-refractivity contribution in [1.82, 2.24) is 14.8 Å². The number of rotatable bonds is 5. The molecule has 1 fully saturated rings. The van der Waals surface area contributed by atoms with Crippen LogP contribution in [-0.2, 0) is 16.8 Å². The summed E-state index contributed by atoms with van der Waals surface area (Å²) in [5.74, 6) is -1.76. The number of aliphatic carboxylic acids is 1. The van der Waals surface area contributed by atoms with Gasteiger partial charge in [0.15, 0.2) is 0 Å². The number of fused-ring (bicyclic) bond motifs is 3. The molecule has 2 aliphatic rings. The van der Waals surface area contributed by atoms with Crippen molar-refractivity contribution in [2.24, 2.45) is 5.92 Å². The number of carbonyl (C=O) groups excluding carboxylic acids is 1. The van der Waals surface area contributed by atoms with Gasteiger partial charge in [-0.1, -0.05) is 52.3 Å². The number of aromatic nitrogens is 1. The Labute approximate surface area is 223 Å². The molecule has 2 N–H and O–H groups in total. The van der Waals surface area contributed by atoms with Gasteiger partial charge in [-0.3, -0.25) is 9.69 Å². The molecule has 5 rings (SSSR count). The van der Waals surface area contributed by atoms with Crippen molar-refractivity contribution in [1.29, 1.82) is 0 Å². The first-order valence-electron chi connectivity index (χ1n) is 13.5. The number of carbonyl (C=O) groups is 2. The number of hydrogen-bond acceptors (Lipinski definition) is 3. The lowest BCUT2D eigenvalue weighted by atomic mass is 9.71. The van der Waals surface area contributed by atoms with Gasteiger partial charge in [0.25, 0.3) is 5.91 Å². The fourth-order valence-corrected chi connectivity index (χ4v) is 6.63. The van der Waals surface area contributed by atoms with Gasteiger partial charge in [0.05, 0.1) is 11.3 Å². The molecule has 7 heteroatoms. The van der Waals surface area contributed by atoms with E-state index in [0.29, 0.717) is 23.4 Å². The predicted octanol–water partition coefficient (Wildman–Crippen LogP) is 6.18. The van der Waals surface area contributed by atoms with E-state index in [1.54, 1.807) is 11.0 Å². The zero-order valence-corrected chi connectivity index (χ0v) is 22.6. The van der Waals surface area contributed by atoms with Gasteiger partial charge < -0.3 is 15.0 Å². The highest BCUT2D eigenvalue weighted by Gasteiger charge is 2.45. The molecule has 0 saturated carbocycles. The van der Waals surface area contributed by atoms with Crippen molar-refractivity contribution in [2.45, 2.75) is 65.0 Å². The van der Waals surface area contributed by atoms with Crippen molar-refractivity contribution in [3.05, 3.63) is 76.9 Å². The number of benzene rings is 2. The van der Waals surface area contributed by atoms with Crippen molar-refractivity contribution in [2.75, 3.05) is 13.1 Å². The molecular weight excluding hydrogens is 481 g/mol. The van der Waals surface area contributed by atoms with Gasteiger partial charge in [-0.2, -0.15) is 0 Å². The summed E-state index contributed by atoms with van der Waals surface area (Å²) in [7, 11) is 0. The van der Waals surface area contributed by atoms with Crippen LogP contribution in [0.5, 0.6) is 0 Å². The molecule has 38 heavy (non-hydrogen) atoms. The largest absolute Gasteiger partial charge is 0.478 e. The maximum atomic E-state index is 14.8. The Morgan fingerprint density at radius 1 is 1.11 bits per heavy atom. The number of hydrogen-bond donors (Lipinski definition) is 2. The third kappa shape index (κ3) is 4.53. The van der Waals surface area contributed by atoms with E-state index in [2.05, 4.69) is 23.7 Å². The monoisotopic (exact) mass is 517 g/mol. The Balaban J connectivity index is 1.62. The van der Waals surface area contributed by atoms with E-state index < -0.39 is 11.4 Å². The fourth-order valence-electron chi connectivity index (χ4n) is 6.63. The zero-order valence-electron chi connectivity index (χ0n) is 22.6. The molecule has 6 nitrogen and oxygen atoms in total. The number of carboxylic acid groups (broad SMARTS) is 1. The van der Waals surface area contributed by atoms with Gasteiger partial charge in [-0.05, 0) is 61.7 Å². The first-order valence-corrected chi connectivity index (χ1v) is 13.5. The molecule has 3 aromatic rings. The maximum absolute atomic E-state index is 14.8. The number of likely N-dealkylation sites (tertiary alicyclic amines) is 1. The molecule has 1 saturated heterocycles. The minimum atomic E-state index is -1.11. The van der Waals surface area contributed by atoms with Crippen molar-refractivity contribution in [3.63, 3.8) is 0 Å². The minimum absolute atomic E-state index is 0.00752. The normalized spacial score (nSPS) is 19.8. The Bertz CT molecular complexity index is 1410. The van der Waals surface area contributed by atoms with E-state index in [0.717, 1.165) is 42.4 Å². The second-order valence-corrected chi connectivity index (χ2v) is 11.5. The standard InChI is InChI=1S/C31H36FN3O3/c1-19(2)28-31(3,4)26-22-10-6-7-11-25(22)33-27(26)23(30(37)38)18-35(28)29(36)20-12-13-24(32)21(16-20)17-34-14-8-5-9-15-34/h6-7,10-13,16,18-19,28,33H,5,8-9,14-15,17H2,1-4H3,(H,37,38). The maximum Gasteiger partial charge on any atom is 0.339 e. The Morgan fingerprint density at radius 3 is 2.50 bits per heavy atom. The molecule has 1 amide bonds. The molecule has 1 aromatic heterocycles. The van der Waals surface area contributed by atoms with E-state index in [9.17, 15) is 19.1 Å². The van der Waals surface area contributed by atoms with Gasteiger partial charge in [-0.25, -0.2) is 9.18 Å². The van der Waals surface area contributed by atoms with Crippen LogP contribution in [-0.4, -0.2) is 50.9 Å². The van der Waals surface area contributed by atoms with Gasteiger partial charge in [0, 0.05) is 46.2 Å². The van der Waals surface area contributed by atoms with Crippen LogP contribution in [0.3, 0.4) is 0 Å². The fraction of sp³-hybridized carbons (Fsp3) is 0.419. The molecule has 0 spiro atoms. The molecule has 0 aliphatic carbocycles. The minimum Gasteiger partial charge on any atom is -0.478 e. The molecule has 0 bridgehead atoms. The van der Waals surface area contributed by atoms with Crippen LogP contribution in [0.1, 0.15) is 74.1 Å². The summed E-state index contributed by atoms with van der Waals surface area (Å²) < 4.78 is 14.8. The van der Waals surface area contributed by atoms with Gasteiger partial charge in [0.2, 0.25) is 0 Å². The van der Waals surface area contributed by atoms with Crippen LogP contribution in [0.25, 0.3) is 16.5 Å². The first kappa shape index (κ1) is 26.2. The summed E-state index contributed by atoms with van der Waals surface area (Å²) in [6.07, 6.45) is 4.86. The summed E-state index contributed by atoms with van der Waals surface area (Å²) in [6, 6.07) is 12.0. The average Bonchev–Trinajstić information content (AvgIpc) is 3.23. The van der Waals surface area contributed by atoms with Crippen LogP contribution in [0.15, 0.2) is 48.7 Å². The van der Waals surface area contributed by atoms with Crippen molar-refractivity contribution < 1.29 is 19.1 Å². The number of nitrogens with zero attached hydrogens (tertiary/aromatic N) is 2. The van der Waals surface area contributed by atoms with E-state index >= 15 is 0 Å². The lowest BCUT2D eigenvalue weighted by Gasteiger charge is -2.42. The second-order valence-electron chi connectivity index (χ2n) is 11.5. The Hall–Kier alpha value is -3.45. The molecular formula is C31H36FN3O3. The molecule has 1 atom stereocenters. The number of para-hydroxylation sites is 1. The van der Waals surface area contributed by atoms with Crippen LogP contribution < -0.4 is 0 Å². The van der Waals surface area contributed by atoms with Crippen LogP contribution >= 0.6 is 0 Å². The highest BCUT2D eigenvalue weighted by molar-refractivity contribution is 6.17. The van der Waals surface area contributed by atoms with Crippen molar-refractivity contribution in [3.8, 4) is 0 Å². The molecule has 0 radical (unpaired) electrons. The number of carboxylic acids is 1. The summed E-state index contributed by atoms with van der Waals surface area (Å²) in [4.78, 5) is 33.9. The van der Waals surface area contributed by atoms with Gasteiger partial charge in [0.1, 0.15) is 5.82 Å². The third-order valence-corrected chi connectivity index (χ3v) is 8.16. The van der Waals surface area contributed by atoms with Crippen LogP contribution in [0.4, 0.5) is 4.39 Å². The quantitative estimate of drug-likeness (QED) is 0.424. The van der Waals surface area contributed by atoms with Gasteiger partial charge >= 0.3 is 5.97 Å². The highest BCUT2D eigenvalue weighted by atomic mass is 19.1. The summed E-state index contributed by atoms with van der Waals surface area (Å²) >= 11 is 0. The number of H-pyrrole nitrogens is 1. The number of amides is 1. The van der Waals surface area contributed by atoms with Crippen molar-refractivity contribution >= 4 is 28.4 Å². The van der Waals surface area contributed by atoms with E-state index in [1.165, 1.54) is 24.8 Å². The SMILES string of the molecule is CC(C)C1N(C(=O)c2ccc(F)c(CN3CCCCC3)c2)C=C(C(=O)O)c2[nH]c3ccccc3c2C1(C)C. The Morgan fingerprint density at radius 2 is 1.82 bits per heavy atom. The van der Waals surface area contributed by atoms with E-state index in [4.69, 9.17) is 0 Å². The Kier molecular flexibility index (Phi) is 6.90. The van der Waals surface area contributed by atoms with Crippen LogP contribution in [0, 0.1) is 11.7 Å². The van der Waals surface area contributed by atoms with Gasteiger partial charge in [-0.15, -0.1) is 0 Å². The third-order valence-electron chi connectivity index (χ3n) is 8.16. The molecule has 3 heterocycles. The zero-order chi connectivity index (χ0) is 27.2. The molecule has 2 aromatic carbocycles. The van der Waals surface area contributed by atoms with Crippen LogP contribution in [0.2, 0.25) is 0 Å². The number of halogens is 1. The smallest absolute Gasteiger partial charge is 0.339 e. The number of nitrogens with one attached hydrogen (secondary N) is 1. The lowest BCUT2D eigenvalue weighted by Crippen LogP contribution is -2.50. The summed E-state index contributed by atoms with van der Waals surface area (Å²) in [6.45, 7) is 10.5. The average molecular weight is 518 g/mol.